The smallest absolute Gasteiger partial charge is 0.408 e. The highest BCUT2D eigenvalue weighted by Crippen LogP contribution is 2.43. The molecular weight excluding hydrogens is 586 g/mol. The van der Waals surface area contributed by atoms with E-state index >= 15 is 8.78 Å². The van der Waals surface area contributed by atoms with E-state index in [1.165, 1.54) is 18.9 Å². The fourth-order valence-electron chi connectivity index (χ4n) is 7.40. The summed E-state index contributed by atoms with van der Waals surface area (Å²) in [6.45, 7) is 3.15. The number of carbonyl (C=O) groups is 3. The van der Waals surface area contributed by atoms with E-state index in [1.54, 1.807) is 25.1 Å². The molecule has 2 aliphatic carbocycles. The van der Waals surface area contributed by atoms with Crippen LogP contribution in [0.4, 0.5) is 13.6 Å². The largest absolute Gasteiger partial charge is 0.497 e. The van der Waals surface area contributed by atoms with Crippen molar-refractivity contribution in [1.82, 2.24) is 20.2 Å². The molecule has 12 heteroatoms. The number of ether oxygens (including phenoxy) is 3. The first-order chi connectivity index (χ1) is 21.6. The zero-order chi connectivity index (χ0) is 31.9. The van der Waals surface area contributed by atoms with Crippen LogP contribution in [0.5, 0.6) is 11.6 Å². The average Bonchev–Trinajstić information content (AvgIpc) is 3.67. The highest BCUT2D eigenvalue weighted by molar-refractivity contribution is 5.92. The number of hydrogen-bond donors (Lipinski definition) is 1. The molecule has 1 aromatic heterocycles. The number of amides is 2. The van der Waals surface area contributed by atoms with Crippen LogP contribution >= 0.6 is 0 Å². The van der Waals surface area contributed by atoms with E-state index in [1.807, 2.05) is 0 Å². The number of benzene rings is 1. The summed E-state index contributed by atoms with van der Waals surface area (Å²) < 4.78 is 49.1. The van der Waals surface area contributed by atoms with Crippen molar-refractivity contribution >= 4 is 28.8 Å². The van der Waals surface area contributed by atoms with Crippen LogP contribution in [0.25, 0.3) is 11.0 Å². The van der Waals surface area contributed by atoms with Crippen molar-refractivity contribution < 1.29 is 37.4 Å². The molecule has 1 saturated heterocycles. The molecule has 0 spiro atoms. The van der Waals surface area contributed by atoms with Crippen LogP contribution in [-0.2, 0) is 20.2 Å². The van der Waals surface area contributed by atoms with Gasteiger partial charge in [0.05, 0.1) is 30.7 Å². The van der Waals surface area contributed by atoms with E-state index in [2.05, 4.69) is 15.3 Å². The fraction of sp³-hybridized carbons (Fsp3) is 0.667. The summed E-state index contributed by atoms with van der Waals surface area (Å²) in [5.41, 5.74) is 0.0482. The predicted octanol–water partition coefficient (Wildman–Crippen LogP) is 5.55. The Morgan fingerprint density at radius 1 is 1.00 bits per heavy atom. The van der Waals surface area contributed by atoms with Crippen LogP contribution in [0.3, 0.4) is 0 Å². The molecule has 0 radical (unpaired) electrons. The van der Waals surface area contributed by atoms with Crippen molar-refractivity contribution in [1.29, 1.82) is 0 Å². The zero-order valence-corrected chi connectivity index (χ0v) is 26.1. The van der Waals surface area contributed by atoms with Gasteiger partial charge in [0.1, 0.15) is 24.0 Å². The van der Waals surface area contributed by atoms with Crippen molar-refractivity contribution in [3.05, 3.63) is 23.9 Å². The highest BCUT2D eigenvalue weighted by Gasteiger charge is 2.50. The number of nitrogens with one attached hydrogen (secondary N) is 1. The summed E-state index contributed by atoms with van der Waals surface area (Å²) in [7, 11) is 1.50. The lowest BCUT2D eigenvalue weighted by Gasteiger charge is -2.34. The number of nitrogens with zero attached hydrogens (tertiary/aromatic N) is 3. The van der Waals surface area contributed by atoms with Gasteiger partial charge in [0, 0.05) is 18.4 Å². The van der Waals surface area contributed by atoms with Crippen LogP contribution in [-0.4, -0.2) is 70.6 Å². The average molecular weight is 629 g/mol. The lowest BCUT2D eigenvalue weighted by atomic mass is 9.83. The molecule has 45 heavy (non-hydrogen) atoms. The summed E-state index contributed by atoms with van der Waals surface area (Å²) in [6, 6.07) is 3.10. The summed E-state index contributed by atoms with van der Waals surface area (Å²) in [6.07, 6.45) is 4.36. The fourth-order valence-corrected chi connectivity index (χ4v) is 7.40. The molecule has 244 valence electrons. The van der Waals surface area contributed by atoms with Gasteiger partial charge in [0.2, 0.25) is 11.8 Å². The van der Waals surface area contributed by atoms with Crippen molar-refractivity contribution in [3.63, 3.8) is 0 Å². The molecule has 6 atom stereocenters. The first-order valence-corrected chi connectivity index (χ1v) is 16.2. The molecule has 3 fully saturated rings. The second-order valence-corrected chi connectivity index (χ2v) is 13.2. The number of alkyl halides is 2. The second kappa shape index (κ2) is 12.7. The normalized spacial score (nSPS) is 31.0. The summed E-state index contributed by atoms with van der Waals surface area (Å²) >= 11 is 0. The maximum absolute atomic E-state index is 15.9. The number of fused-ring (bicyclic) bond motifs is 5. The molecule has 4 aliphatic rings. The molecule has 2 aromatic rings. The Labute approximate surface area is 261 Å². The topological polar surface area (TPSA) is 120 Å². The molecule has 2 bridgehead atoms. The van der Waals surface area contributed by atoms with Crippen molar-refractivity contribution in [3.8, 4) is 11.6 Å². The molecular formula is C33H42F2N4O6. The van der Waals surface area contributed by atoms with Gasteiger partial charge in [0.15, 0.2) is 11.5 Å². The van der Waals surface area contributed by atoms with E-state index in [9.17, 15) is 14.4 Å². The standard InChI is InChI=1S/C33H42F2N4O6/c1-18-26-17-39(28(18)19(2)40)31(41)27(20-9-5-4-6-10-20)38-32(42)45-25-15-21(25)11-7-8-14-33(34,35)29-30(44-26)37-24-16-22(43-3)12-13-23(24)36-29/h12-13,16,18,20-21,25-28H,4-11,14-15,17H2,1-3H3,(H,38,42)/t18-,21-,25-,26+,27+,28+/m1/s1. The monoisotopic (exact) mass is 628 g/mol. The molecule has 1 N–H and O–H groups in total. The van der Waals surface area contributed by atoms with Gasteiger partial charge in [-0.1, -0.05) is 32.6 Å². The SMILES string of the molecule is COc1ccc2nc3c(nc2c1)O[C@H]1CN(C(=O)[C@H](C2CCCCC2)NC(=O)O[C@@H]2C[C@H]2CCCCC3(F)F)[C@H](C(C)=O)[C@@H]1C. The Morgan fingerprint density at radius 2 is 1.73 bits per heavy atom. The van der Waals surface area contributed by atoms with Gasteiger partial charge < -0.3 is 24.4 Å². The molecule has 0 unspecified atom stereocenters. The van der Waals surface area contributed by atoms with Crippen molar-refractivity contribution in [2.75, 3.05) is 13.7 Å². The number of halogens is 2. The van der Waals surface area contributed by atoms with Gasteiger partial charge in [-0.05, 0) is 63.0 Å². The highest BCUT2D eigenvalue weighted by atomic mass is 19.3. The summed E-state index contributed by atoms with van der Waals surface area (Å²) in [5, 5.41) is 2.87. The number of alkyl carbamates (subject to hydrolysis) is 1. The van der Waals surface area contributed by atoms with E-state index < -0.39 is 48.2 Å². The van der Waals surface area contributed by atoms with Crippen molar-refractivity contribution in [2.24, 2.45) is 17.8 Å². The lowest BCUT2D eigenvalue weighted by molar-refractivity contribution is -0.140. The summed E-state index contributed by atoms with van der Waals surface area (Å²) in [4.78, 5) is 50.7. The maximum Gasteiger partial charge on any atom is 0.408 e. The van der Waals surface area contributed by atoms with Gasteiger partial charge in [-0.3, -0.25) is 9.59 Å². The molecule has 2 amide bonds. The van der Waals surface area contributed by atoms with Gasteiger partial charge in [0.25, 0.3) is 5.92 Å². The molecule has 6 rings (SSSR count). The van der Waals surface area contributed by atoms with E-state index in [0.717, 1.165) is 32.1 Å². The van der Waals surface area contributed by atoms with E-state index in [-0.39, 0.29) is 54.0 Å². The summed E-state index contributed by atoms with van der Waals surface area (Å²) in [5.74, 6) is -4.34. The minimum Gasteiger partial charge on any atom is -0.497 e. The number of carbonyl (C=O) groups excluding carboxylic acids is 3. The van der Waals surface area contributed by atoms with Crippen LogP contribution in [0.15, 0.2) is 18.2 Å². The quantitative estimate of drug-likeness (QED) is 0.470. The van der Waals surface area contributed by atoms with Crippen LogP contribution in [0, 0.1) is 17.8 Å². The maximum atomic E-state index is 15.9. The van der Waals surface area contributed by atoms with Gasteiger partial charge in [-0.2, -0.15) is 8.78 Å². The third-order valence-corrected chi connectivity index (χ3v) is 10.0. The number of aromatic nitrogens is 2. The minimum atomic E-state index is -3.34. The first kappa shape index (κ1) is 31.4. The van der Waals surface area contributed by atoms with Crippen molar-refractivity contribution in [2.45, 2.75) is 108 Å². The number of ketones is 1. The Balaban J connectivity index is 1.39. The van der Waals surface area contributed by atoms with Gasteiger partial charge in [-0.15, -0.1) is 0 Å². The van der Waals surface area contributed by atoms with Gasteiger partial charge >= 0.3 is 6.09 Å². The third kappa shape index (κ3) is 6.56. The van der Waals surface area contributed by atoms with Crippen LogP contribution in [0.1, 0.15) is 83.7 Å². The number of hydrogen-bond acceptors (Lipinski definition) is 8. The minimum absolute atomic E-state index is 0.0300. The number of Topliss-reactive ketones (excluding diaryl/α,β-unsaturated/α-hetero) is 1. The van der Waals surface area contributed by atoms with Gasteiger partial charge in [-0.25, -0.2) is 14.8 Å². The Bertz CT molecular complexity index is 1450. The molecule has 3 heterocycles. The number of rotatable bonds is 3. The molecule has 1 aromatic carbocycles. The second-order valence-electron chi connectivity index (χ2n) is 13.2. The Hall–Kier alpha value is -3.57. The Kier molecular flexibility index (Phi) is 8.85. The zero-order valence-electron chi connectivity index (χ0n) is 26.1. The number of methoxy groups -OCH3 is 1. The molecule has 2 saturated carbocycles. The Morgan fingerprint density at radius 3 is 2.47 bits per heavy atom. The third-order valence-electron chi connectivity index (χ3n) is 10.0. The van der Waals surface area contributed by atoms with Crippen LogP contribution < -0.4 is 14.8 Å². The predicted molar refractivity (Wildman–Crippen MR) is 160 cm³/mol. The van der Waals surface area contributed by atoms with E-state index in [0.29, 0.717) is 30.5 Å². The van der Waals surface area contributed by atoms with E-state index in [4.69, 9.17) is 14.2 Å². The van der Waals surface area contributed by atoms with Crippen LogP contribution in [0.2, 0.25) is 0 Å². The molecule has 2 aliphatic heterocycles. The molecule has 10 nitrogen and oxygen atoms in total. The first-order valence-electron chi connectivity index (χ1n) is 16.2. The lowest BCUT2D eigenvalue weighted by Crippen LogP contribution is -2.55.